The van der Waals surface area contributed by atoms with Crippen LogP contribution in [0.2, 0.25) is 0 Å². The molecular formula is C12H11F2N3O. The molecule has 1 heterocycles. The van der Waals surface area contributed by atoms with Crippen molar-refractivity contribution >= 4 is 5.91 Å². The highest BCUT2D eigenvalue weighted by atomic mass is 19.2. The van der Waals surface area contributed by atoms with Gasteiger partial charge in [-0.2, -0.15) is 0 Å². The van der Waals surface area contributed by atoms with E-state index >= 15 is 0 Å². The zero-order valence-electron chi connectivity index (χ0n) is 9.41. The van der Waals surface area contributed by atoms with E-state index in [4.69, 9.17) is 0 Å². The summed E-state index contributed by atoms with van der Waals surface area (Å²) in [4.78, 5) is 18.3. The molecule has 0 bridgehead atoms. The van der Waals surface area contributed by atoms with Gasteiger partial charge in [0, 0.05) is 24.9 Å². The molecule has 4 nitrogen and oxygen atoms in total. The van der Waals surface area contributed by atoms with Crippen molar-refractivity contribution in [1.29, 1.82) is 0 Å². The van der Waals surface area contributed by atoms with E-state index in [2.05, 4.69) is 15.3 Å². The highest BCUT2D eigenvalue weighted by molar-refractivity contribution is 5.94. The number of hydrogen-bond donors (Lipinski definition) is 2. The van der Waals surface area contributed by atoms with Crippen LogP contribution in [0.15, 0.2) is 30.7 Å². The number of hydrogen-bond acceptors (Lipinski definition) is 2. The van der Waals surface area contributed by atoms with Crippen molar-refractivity contribution in [3.05, 3.63) is 53.6 Å². The number of H-pyrrole nitrogens is 1. The van der Waals surface area contributed by atoms with Crippen LogP contribution >= 0.6 is 0 Å². The molecule has 0 radical (unpaired) electrons. The fraction of sp³-hybridized carbons (Fsp3) is 0.167. The van der Waals surface area contributed by atoms with Crippen LogP contribution in [0.5, 0.6) is 0 Å². The molecule has 2 N–H and O–H groups in total. The van der Waals surface area contributed by atoms with Crippen LogP contribution in [0.4, 0.5) is 8.78 Å². The minimum Gasteiger partial charge on any atom is -0.352 e. The maximum atomic E-state index is 13.3. The highest BCUT2D eigenvalue weighted by Crippen LogP contribution is 2.10. The highest BCUT2D eigenvalue weighted by Gasteiger charge is 2.14. The quantitative estimate of drug-likeness (QED) is 0.868. The summed E-state index contributed by atoms with van der Waals surface area (Å²) in [5.74, 6) is -2.79. The number of rotatable bonds is 4. The zero-order valence-corrected chi connectivity index (χ0v) is 9.41. The molecule has 0 aliphatic heterocycles. The first-order valence-electron chi connectivity index (χ1n) is 5.38. The Labute approximate surface area is 102 Å². The SMILES string of the molecule is O=C(NCCc1cnc[nH]1)c1cccc(F)c1F. The molecule has 1 amide bonds. The number of aromatic nitrogens is 2. The van der Waals surface area contributed by atoms with Crippen molar-refractivity contribution < 1.29 is 13.6 Å². The smallest absolute Gasteiger partial charge is 0.254 e. The molecule has 2 rings (SSSR count). The average molecular weight is 251 g/mol. The van der Waals surface area contributed by atoms with Crippen LogP contribution in [0, 0.1) is 11.6 Å². The average Bonchev–Trinajstić information content (AvgIpc) is 2.85. The Morgan fingerprint density at radius 3 is 2.94 bits per heavy atom. The summed E-state index contributed by atoms with van der Waals surface area (Å²) >= 11 is 0. The number of benzene rings is 1. The Morgan fingerprint density at radius 2 is 2.22 bits per heavy atom. The van der Waals surface area contributed by atoms with E-state index in [1.165, 1.54) is 18.5 Å². The van der Waals surface area contributed by atoms with Gasteiger partial charge in [-0.1, -0.05) is 6.07 Å². The number of amides is 1. The van der Waals surface area contributed by atoms with E-state index in [9.17, 15) is 13.6 Å². The zero-order chi connectivity index (χ0) is 13.0. The molecule has 2 aromatic rings. The van der Waals surface area contributed by atoms with Gasteiger partial charge in [0.2, 0.25) is 0 Å². The Bertz CT molecular complexity index is 540. The van der Waals surface area contributed by atoms with Crippen LogP contribution in [-0.4, -0.2) is 22.4 Å². The first-order chi connectivity index (χ1) is 8.68. The normalized spacial score (nSPS) is 10.3. The standard InChI is InChI=1S/C12H11F2N3O/c13-10-3-1-2-9(11(10)14)12(18)16-5-4-8-6-15-7-17-8/h1-3,6-7H,4-5H2,(H,15,17)(H,16,18). The third kappa shape index (κ3) is 2.71. The minimum absolute atomic E-state index is 0.292. The van der Waals surface area contributed by atoms with Gasteiger partial charge in [0.25, 0.3) is 5.91 Å². The molecule has 1 aromatic heterocycles. The largest absolute Gasteiger partial charge is 0.352 e. The molecule has 0 unspecified atom stereocenters. The van der Waals surface area contributed by atoms with Crippen LogP contribution in [0.1, 0.15) is 16.1 Å². The second-order valence-corrected chi connectivity index (χ2v) is 3.68. The lowest BCUT2D eigenvalue weighted by molar-refractivity contribution is 0.0949. The van der Waals surface area contributed by atoms with Crippen molar-refractivity contribution in [1.82, 2.24) is 15.3 Å². The fourth-order valence-corrected chi connectivity index (χ4v) is 1.51. The lowest BCUT2D eigenvalue weighted by atomic mass is 10.2. The molecule has 6 heteroatoms. The van der Waals surface area contributed by atoms with Gasteiger partial charge in [-0.15, -0.1) is 0 Å². The molecule has 94 valence electrons. The second-order valence-electron chi connectivity index (χ2n) is 3.68. The predicted molar refractivity (Wildman–Crippen MR) is 61.0 cm³/mol. The summed E-state index contributed by atoms with van der Waals surface area (Å²) in [6, 6.07) is 3.50. The monoisotopic (exact) mass is 251 g/mol. The molecule has 0 spiro atoms. The summed E-state index contributed by atoms with van der Waals surface area (Å²) < 4.78 is 26.2. The fourth-order valence-electron chi connectivity index (χ4n) is 1.51. The van der Waals surface area contributed by atoms with E-state index in [1.54, 1.807) is 6.20 Å². The van der Waals surface area contributed by atoms with Gasteiger partial charge in [-0.05, 0) is 12.1 Å². The van der Waals surface area contributed by atoms with Crippen LogP contribution in [0.3, 0.4) is 0 Å². The number of imidazole rings is 1. The molecule has 0 atom stereocenters. The lowest BCUT2D eigenvalue weighted by Crippen LogP contribution is -2.26. The summed E-state index contributed by atoms with van der Waals surface area (Å²) in [7, 11) is 0. The van der Waals surface area contributed by atoms with Gasteiger partial charge in [0.1, 0.15) is 0 Å². The number of nitrogens with zero attached hydrogens (tertiary/aromatic N) is 1. The predicted octanol–water partition coefficient (Wildman–Crippen LogP) is 1.66. The van der Waals surface area contributed by atoms with Crippen LogP contribution in [0.25, 0.3) is 0 Å². The van der Waals surface area contributed by atoms with Gasteiger partial charge in [-0.25, -0.2) is 13.8 Å². The first-order valence-corrected chi connectivity index (χ1v) is 5.38. The molecule has 1 aromatic carbocycles. The van der Waals surface area contributed by atoms with E-state index in [0.29, 0.717) is 13.0 Å². The van der Waals surface area contributed by atoms with Gasteiger partial charge < -0.3 is 10.3 Å². The van der Waals surface area contributed by atoms with Gasteiger partial charge in [0.15, 0.2) is 11.6 Å². The Morgan fingerprint density at radius 1 is 1.39 bits per heavy atom. The van der Waals surface area contributed by atoms with Crippen LogP contribution in [-0.2, 0) is 6.42 Å². The number of carbonyl (C=O) groups excluding carboxylic acids is 1. The minimum atomic E-state index is -1.13. The van der Waals surface area contributed by atoms with Crippen molar-refractivity contribution in [3.63, 3.8) is 0 Å². The van der Waals surface area contributed by atoms with E-state index in [1.807, 2.05) is 0 Å². The van der Waals surface area contributed by atoms with Gasteiger partial charge in [-0.3, -0.25) is 4.79 Å². The van der Waals surface area contributed by atoms with Gasteiger partial charge in [0.05, 0.1) is 11.9 Å². The molecule has 0 saturated carbocycles. The first kappa shape index (κ1) is 12.2. The van der Waals surface area contributed by atoms with E-state index in [-0.39, 0.29) is 5.56 Å². The Balaban J connectivity index is 1.93. The second kappa shape index (κ2) is 5.39. The Hall–Kier alpha value is -2.24. The molecule has 0 fully saturated rings. The molecule has 0 saturated heterocycles. The molecular weight excluding hydrogens is 240 g/mol. The van der Waals surface area contributed by atoms with Gasteiger partial charge >= 0.3 is 0 Å². The lowest BCUT2D eigenvalue weighted by Gasteiger charge is -2.05. The van der Waals surface area contributed by atoms with Crippen molar-refractivity contribution in [3.8, 4) is 0 Å². The number of halogens is 2. The topological polar surface area (TPSA) is 57.8 Å². The van der Waals surface area contributed by atoms with Crippen molar-refractivity contribution in [2.24, 2.45) is 0 Å². The maximum Gasteiger partial charge on any atom is 0.254 e. The summed E-state index contributed by atoms with van der Waals surface area (Å²) in [5, 5.41) is 2.51. The number of nitrogens with one attached hydrogen (secondary N) is 2. The molecule has 0 aliphatic rings. The van der Waals surface area contributed by atoms with Crippen LogP contribution < -0.4 is 5.32 Å². The summed E-state index contributed by atoms with van der Waals surface area (Å²) in [6.07, 6.45) is 3.71. The van der Waals surface area contributed by atoms with Crippen molar-refractivity contribution in [2.75, 3.05) is 6.54 Å². The summed E-state index contributed by atoms with van der Waals surface area (Å²) in [5.41, 5.74) is 0.564. The Kier molecular flexibility index (Phi) is 3.66. The molecule has 18 heavy (non-hydrogen) atoms. The molecule has 0 aliphatic carbocycles. The van der Waals surface area contributed by atoms with E-state index < -0.39 is 17.5 Å². The number of aromatic amines is 1. The third-order valence-electron chi connectivity index (χ3n) is 2.43. The summed E-state index contributed by atoms with van der Waals surface area (Å²) in [6.45, 7) is 0.316. The van der Waals surface area contributed by atoms with Crippen molar-refractivity contribution in [2.45, 2.75) is 6.42 Å². The third-order valence-corrected chi connectivity index (χ3v) is 2.43. The maximum absolute atomic E-state index is 13.3. The van der Waals surface area contributed by atoms with E-state index in [0.717, 1.165) is 11.8 Å². The number of carbonyl (C=O) groups is 1.